The van der Waals surface area contributed by atoms with Crippen molar-refractivity contribution in [2.45, 2.75) is 25.6 Å². The van der Waals surface area contributed by atoms with Crippen LogP contribution in [0.2, 0.25) is 0 Å². The Balaban J connectivity index is 2.27. The largest absolute Gasteiger partial charge is 0.405 e. The van der Waals surface area contributed by atoms with E-state index in [2.05, 4.69) is 5.32 Å². The lowest BCUT2D eigenvalue weighted by Gasteiger charge is -2.17. The maximum Gasteiger partial charge on any atom is 0.405 e. The standard InChI is InChI=1S/C10H15F3N2O/c1-7-8(2-3-16-7)5-15-6-9(4-14)10(11,12)13/h7-9,15H,2-3,5-6H2,1H3. The molecule has 3 atom stereocenters. The zero-order valence-electron chi connectivity index (χ0n) is 9.05. The summed E-state index contributed by atoms with van der Waals surface area (Å²) in [5, 5.41) is 11.1. The van der Waals surface area contributed by atoms with Gasteiger partial charge in [-0.1, -0.05) is 0 Å². The van der Waals surface area contributed by atoms with Crippen LogP contribution < -0.4 is 5.32 Å². The van der Waals surface area contributed by atoms with Gasteiger partial charge in [-0.2, -0.15) is 18.4 Å². The number of ether oxygens (including phenoxy) is 1. The van der Waals surface area contributed by atoms with E-state index in [0.717, 1.165) is 6.42 Å². The first-order chi connectivity index (χ1) is 7.45. The first-order valence-corrected chi connectivity index (χ1v) is 5.23. The molecule has 0 amide bonds. The van der Waals surface area contributed by atoms with E-state index in [1.807, 2.05) is 6.92 Å². The predicted octanol–water partition coefficient (Wildman–Crippen LogP) is 1.70. The molecule has 6 heteroatoms. The van der Waals surface area contributed by atoms with Crippen molar-refractivity contribution in [2.24, 2.45) is 11.8 Å². The quantitative estimate of drug-likeness (QED) is 0.808. The summed E-state index contributed by atoms with van der Waals surface area (Å²) in [4.78, 5) is 0. The average molecular weight is 236 g/mol. The summed E-state index contributed by atoms with van der Waals surface area (Å²) in [6.07, 6.45) is -3.50. The highest BCUT2D eigenvalue weighted by atomic mass is 19.4. The van der Waals surface area contributed by atoms with E-state index in [0.29, 0.717) is 13.2 Å². The van der Waals surface area contributed by atoms with Crippen LogP contribution in [0.3, 0.4) is 0 Å². The molecule has 1 aliphatic heterocycles. The van der Waals surface area contributed by atoms with Gasteiger partial charge in [0.25, 0.3) is 0 Å². The molecule has 1 N–H and O–H groups in total. The number of rotatable bonds is 4. The lowest BCUT2D eigenvalue weighted by molar-refractivity contribution is -0.157. The molecule has 1 saturated heterocycles. The normalized spacial score (nSPS) is 27.7. The molecule has 1 aliphatic rings. The van der Waals surface area contributed by atoms with Crippen LogP contribution in [0, 0.1) is 23.2 Å². The van der Waals surface area contributed by atoms with Gasteiger partial charge in [0.2, 0.25) is 0 Å². The summed E-state index contributed by atoms with van der Waals surface area (Å²) in [5.74, 6) is -1.68. The number of halogens is 3. The Labute approximate surface area is 92.6 Å². The van der Waals surface area contributed by atoms with Crippen molar-refractivity contribution in [1.29, 1.82) is 5.26 Å². The molecule has 1 fully saturated rings. The molecule has 0 spiro atoms. The van der Waals surface area contributed by atoms with Crippen LogP contribution in [-0.2, 0) is 4.74 Å². The Morgan fingerprint density at radius 1 is 1.56 bits per heavy atom. The highest BCUT2D eigenvalue weighted by molar-refractivity contribution is 4.90. The Morgan fingerprint density at radius 2 is 2.25 bits per heavy atom. The second kappa shape index (κ2) is 5.51. The van der Waals surface area contributed by atoms with Crippen molar-refractivity contribution in [3.8, 4) is 6.07 Å². The lowest BCUT2D eigenvalue weighted by atomic mass is 10.0. The molecule has 1 heterocycles. The van der Waals surface area contributed by atoms with Gasteiger partial charge < -0.3 is 10.1 Å². The molecule has 3 nitrogen and oxygen atoms in total. The van der Waals surface area contributed by atoms with Crippen LogP contribution in [0.15, 0.2) is 0 Å². The van der Waals surface area contributed by atoms with E-state index in [1.165, 1.54) is 6.07 Å². The zero-order chi connectivity index (χ0) is 12.2. The number of alkyl halides is 3. The van der Waals surface area contributed by atoms with Crippen LogP contribution in [0.1, 0.15) is 13.3 Å². The van der Waals surface area contributed by atoms with Crippen molar-refractivity contribution in [3.63, 3.8) is 0 Å². The maximum atomic E-state index is 12.2. The topological polar surface area (TPSA) is 45.0 Å². The van der Waals surface area contributed by atoms with Crippen molar-refractivity contribution in [1.82, 2.24) is 5.32 Å². The van der Waals surface area contributed by atoms with Gasteiger partial charge in [0.05, 0.1) is 12.2 Å². The third-order valence-electron chi connectivity index (χ3n) is 2.84. The molecular formula is C10H15F3N2O. The summed E-state index contributed by atoms with van der Waals surface area (Å²) in [6.45, 7) is 2.69. The first kappa shape index (κ1) is 13.3. The highest BCUT2D eigenvalue weighted by Gasteiger charge is 2.39. The number of nitrogens with zero attached hydrogens (tertiary/aromatic N) is 1. The third-order valence-corrected chi connectivity index (χ3v) is 2.84. The van der Waals surface area contributed by atoms with E-state index in [1.54, 1.807) is 0 Å². The van der Waals surface area contributed by atoms with Gasteiger partial charge >= 0.3 is 6.18 Å². The number of nitriles is 1. The minimum atomic E-state index is -4.44. The number of hydrogen-bond acceptors (Lipinski definition) is 3. The summed E-state index contributed by atoms with van der Waals surface area (Å²) in [7, 11) is 0. The fraction of sp³-hybridized carbons (Fsp3) is 0.900. The van der Waals surface area contributed by atoms with Crippen LogP contribution in [-0.4, -0.2) is 32.0 Å². The van der Waals surface area contributed by atoms with Crippen molar-refractivity contribution in [3.05, 3.63) is 0 Å². The van der Waals surface area contributed by atoms with Gasteiger partial charge in [0.1, 0.15) is 0 Å². The van der Waals surface area contributed by atoms with Gasteiger partial charge in [-0.05, 0) is 19.3 Å². The molecule has 0 aliphatic carbocycles. The van der Waals surface area contributed by atoms with E-state index >= 15 is 0 Å². The summed E-state index contributed by atoms with van der Waals surface area (Å²) < 4.78 is 41.9. The third kappa shape index (κ3) is 3.65. The highest BCUT2D eigenvalue weighted by Crippen LogP contribution is 2.25. The molecule has 1 rings (SSSR count). The molecule has 16 heavy (non-hydrogen) atoms. The molecule has 92 valence electrons. The maximum absolute atomic E-state index is 12.2. The second-order valence-corrected chi connectivity index (χ2v) is 4.01. The van der Waals surface area contributed by atoms with Crippen LogP contribution in [0.4, 0.5) is 13.2 Å². The fourth-order valence-electron chi connectivity index (χ4n) is 1.69. The van der Waals surface area contributed by atoms with E-state index < -0.39 is 12.1 Å². The minimum Gasteiger partial charge on any atom is -0.378 e. The summed E-state index contributed by atoms with van der Waals surface area (Å²) in [5.41, 5.74) is 0. The van der Waals surface area contributed by atoms with Gasteiger partial charge in [0, 0.05) is 19.7 Å². The summed E-state index contributed by atoms with van der Waals surface area (Å²) in [6, 6.07) is 1.26. The molecule has 0 aromatic carbocycles. The van der Waals surface area contributed by atoms with Crippen molar-refractivity contribution < 1.29 is 17.9 Å². The second-order valence-electron chi connectivity index (χ2n) is 4.01. The van der Waals surface area contributed by atoms with Gasteiger partial charge in [-0.15, -0.1) is 0 Å². The van der Waals surface area contributed by atoms with Gasteiger partial charge in [-0.25, -0.2) is 0 Å². The van der Waals surface area contributed by atoms with E-state index in [4.69, 9.17) is 10.00 Å². The van der Waals surface area contributed by atoms with Gasteiger partial charge in [0.15, 0.2) is 5.92 Å². The molecule has 0 aromatic heterocycles. The monoisotopic (exact) mass is 236 g/mol. The molecule has 0 bridgehead atoms. The van der Waals surface area contributed by atoms with E-state index in [-0.39, 0.29) is 18.6 Å². The number of hydrogen-bond donors (Lipinski definition) is 1. The van der Waals surface area contributed by atoms with Crippen molar-refractivity contribution in [2.75, 3.05) is 19.7 Å². The average Bonchev–Trinajstić information content (AvgIpc) is 2.57. The lowest BCUT2D eigenvalue weighted by Crippen LogP contribution is -2.36. The molecule has 3 unspecified atom stereocenters. The molecule has 0 aromatic rings. The first-order valence-electron chi connectivity index (χ1n) is 5.23. The molecule has 0 saturated carbocycles. The van der Waals surface area contributed by atoms with E-state index in [9.17, 15) is 13.2 Å². The Kier molecular flexibility index (Phi) is 4.56. The van der Waals surface area contributed by atoms with Gasteiger partial charge in [-0.3, -0.25) is 0 Å². The predicted molar refractivity (Wildman–Crippen MR) is 51.5 cm³/mol. The Bertz CT molecular complexity index is 262. The number of nitrogens with one attached hydrogen (secondary N) is 1. The van der Waals surface area contributed by atoms with Crippen LogP contribution >= 0.6 is 0 Å². The van der Waals surface area contributed by atoms with Crippen LogP contribution in [0.25, 0.3) is 0 Å². The summed E-state index contributed by atoms with van der Waals surface area (Å²) >= 11 is 0. The van der Waals surface area contributed by atoms with Crippen LogP contribution in [0.5, 0.6) is 0 Å². The fourth-order valence-corrected chi connectivity index (χ4v) is 1.69. The molecule has 0 radical (unpaired) electrons. The minimum absolute atomic E-state index is 0.0823. The smallest absolute Gasteiger partial charge is 0.378 e. The zero-order valence-corrected chi connectivity index (χ0v) is 9.05. The molecular weight excluding hydrogens is 221 g/mol. The Hall–Kier alpha value is -0.800. The SMILES string of the molecule is CC1OCCC1CNCC(C#N)C(F)(F)F. The Morgan fingerprint density at radius 3 is 2.69 bits per heavy atom. The van der Waals surface area contributed by atoms with Crippen molar-refractivity contribution >= 4 is 0 Å².